The van der Waals surface area contributed by atoms with Crippen molar-refractivity contribution < 1.29 is 0 Å². The minimum Gasteiger partial charge on any atom is -0.0985 e. The second-order valence-electron chi connectivity index (χ2n) is 7.36. The summed E-state index contributed by atoms with van der Waals surface area (Å²) in [6, 6.07) is 7.72. The quantitative estimate of drug-likeness (QED) is 0.235. The Morgan fingerprint density at radius 1 is 1.29 bits per heavy atom. The molecule has 0 saturated heterocycles. The zero-order chi connectivity index (χ0) is 17.5. The van der Waals surface area contributed by atoms with Gasteiger partial charge in [-0.3, -0.25) is 0 Å². The fourth-order valence-corrected chi connectivity index (χ4v) is 3.97. The highest BCUT2D eigenvalue weighted by Gasteiger charge is 2.29. The molecule has 24 heavy (non-hydrogen) atoms. The van der Waals surface area contributed by atoms with Crippen LogP contribution in [0.5, 0.6) is 0 Å². The summed E-state index contributed by atoms with van der Waals surface area (Å²) in [5.41, 5.74) is 11.0. The molecule has 1 aliphatic rings. The van der Waals surface area contributed by atoms with E-state index < -0.39 is 0 Å². The van der Waals surface area contributed by atoms with Gasteiger partial charge in [0.05, 0.1) is 6.04 Å². The largest absolute Gasteiger partial charge is 0.0985 e. The maximum absolute atomic E-state index is 8.98. The van der Waals surface area contributed by atoms with Crippen LogP contribution in [0.1, 0.15) is 57.2 Å². The third kappa shape index (κ3) is 4.52. The number of rotatable bonds is 6. The Balaban J connectivity index is 2.27. The molecule has 2 rings (SSSR count). The van der Waals surface area contributed by atoms with Crippen molar-refractivity contribution in [3.05, 3.63) is 64.6 Å². The first-order chi connectivity index (χ1) is 11.6. The molecule has 1 saturated carbocycles. The topological polar surface area (TPSA) is 48.8 Å². The molecular weight excluding hydrogens is 294 g/mol. The maximum atomic E-state index is 8.98. The normalized spacial score (nSPS) is 25.4. The molecule has 0 aromatic heterocycles. The molecule has 0 unspecified atom stereocenters. The second kappa shape index (κ2) is 8.75. The van der Waals surface area contributed by atoms with Crippen LogP contribution in [0.4, 0.5) is 0 Å². The van der Waals surface area contributed by atoms with E-state index in [4.69, 9.17) is 5.53 Å². The van der Waals surface area contributed by atoms with Gasteiger partial charge < -0.3 is 0 Å². The van der Waals surface area contributed by atoms with Gasteiger partial charge in [-0.15, -0.1) is 0 Å². The fraction of sp³-hybridized carbons (Fsp3) is 0.524. The van der Waals surface area contributed by atoms with Gasteiger partial charge in [-0.25, -0.2) is 0 Å². The number of nitrogens with zero attached hydrogens (tertiary/aromatic N) is 3. The predicted octanol–water partition coefficient (Wildman–Crippen LogP) is 6.95. The van der Waals surface area contributed by atoms with E-state index in [1.54, 1.807) is 0 Å². The summed E-state index contributed by atoms with van der Waals surface area (Å²) in [4.78, 5) is 3.06. The Hall–Kier alpha value is -1.99. The SMILES string of the molecule is C=Cc1ccccc1[C@@H](C=C[C@@H]1C[C@H](C)CC[C@H]1C(C)C)N=[N+]=[N-]. The Labute approximate surface area is 146 Å². The van der Waals surface area contributed by atoms with Crippen LogP contribution in [0.2, 0.25) is 0 Å². The lowest BCUT2D eigenvalue weighted by Gasteiger charge is -2.36. The molecule has 1 aliphatic carbocycles. The predicted molar refractivity (Wildman–Crippen MR) is 102 cm³/mol. The van der Waals surface area contributed by atoms with Crippen LogP contribution in [-0.4, -0.2) is 0 Å². The first kappa shape index (κ1) is 18.4. The van der Waals surface area contributed by atoms with E-state index in [2.05, 4.69) is 49.5 Å². The number of azide groups is 1. The standard InChI is InChI=1S/C21H29N3/c1-5-17-8-6-7-9-20(17)21(23-24-22)13-11-18-14-16(4)10-12-19(18)15(2)3/h5-9,11,13,15-16,18-19,21H,1,10,12,14H2,2-4H3/t16-,18-,19+,21-/m1/s1. The van der Waals surface area contributed by atoms with Crippen LogP contribution in [0.15, 0.2) is 48.1 Å². The Morgan fingerprint density at radius 3 is 2.71 bits per heavy atom. The third-order valence-corrected chi connectivity index (χ3v) is 5.32. The minimum absolute atomic E-state index is 0.269. The van der Waals surface area contributed by atoms with Crippen molar-refractivity contribution in [1.29, 1.82) is 0 Å². The average Bonchev–Trinajstić information content (AvgIpc) is 2.58. The van der Waals surface area contributed by atoms with Gasteiger partial charge in [-0.1, -0.05) is 81.4 Å². The molecule has 0 bridgehead atoms. The Kier molecular flexibility index (Phi) is 6.69. The first-order valence-corrected chi connectivity index (χ1v) is 9.00. The summed E-state index contributed by atoms with van der Waals surface area (Å²) < 4.78 is 0. The zero-order valence-electron chi connectivity index (χ0n) is 15.1. The van der Waals surface area contributed by atoms with Gasteiger partial charge in [-0.2, -0.15) is 0 Å². The highest BCUT2D eigenvalue weighted by molar-refractivity contribution is 5.53. The fourth-order valence-electron chi connectivity index (χ4n) is 3.97. The third-order valence-electron chi connectivity index (χ3n) is 5.32. The Morgan fingerprint density at radius 2 is 2.04 bits per heavy atom. The average molecular weight is 323 g/mol. The summed E-state index contributed by atoms with van der Waals surface area (Å²) in [6.45, 7) is 10.9. The van der Waals surface area contributed by atoms with Gasteiger partial charge >= 0.3 is 0 Å². The highest BCUT2D eigenvalue weighted by Crippen LogP contribution is 2.39. The summed E-state index contributed by atoms with van der Waals surface area (Å²) in [5.74, 6) is 2.75. The smallest absolute Gasteiger partial charge is 0.0812 e. The molecule has 1 aromatic carbocycles. The maximum Gasteiger partial charge on any atom is 0.0812 e. The lowest BCUT2D eigenvalue weighted by atomic mass is 9.70. The van der Waals surface area contributed by atoms with Crippen LogP contribution in [0.25, 0.3) is 16.5 Å². The number of hydrogen-bond donors (Lipinski definition) is 0. The van der Waals surface area contributed by atoms with E-state index in [-0.39, 0.29) is 6.04 Å². The van der Waals surface area contributed by atoms with E-state index in [1.807, 2.05) is 30.3 Å². The molecule has 0 amide bonds. The number of benzene rings is 1. The van der Waals surface area contributed by atoms with Crippen molar-refractivity contribution in [3.63, 3.8) is 0 Å². The van der Waals surface area contributed by atoms with Crippen molar-refractivity contribution in [2.75, 3.05) is 0 Å². The van der Waals surface area contributed by atoms with Crippen molar-refractivity contribution >= 4 is 6.08 Å². The lowest BCUT2D eigenvalue weighted by Crippen LogP contribution is -2.26. The van der Waals surface area contributed by atoms with Crippen LogP contribution in [0, 0.1) is 23.7 Å². The summed E-state index contributed by atoms with van der Waals surface area (Å²) in [5, 5.41) is 4.02. The van der Waals surface area contributed by atoms with Gasteiger partial charge in [0.2, 0.25) is 0 Å². The van der Waals surface area contributed by atoms with Crippen LogP contribution < -0.4 is 0 Å². The Bertz CT molecular complexity index is 626. The van der Waals surface area contributed by atoms with Gasteiger partial charge in [0.15, 0.2) is 0 Å². The van der Waals surface area contributed by atoms with Crippen LogP contribution in [0.3, 0.4) is 0 Å². The summed E-state index contributed by atoms with van der Waals surface area (Å²) in [7, 11) is 0. The summed E-state index contributed by atoms with van der Waals surface area (Å²) in [6.07, 6.45) is 10.1. The van der Waals surface area contributed by atoms with Gasteiger partial charge in [0.1, 0.15) is 0 Å². The second-order valence-corrected chi connectivity index (χ2v) is 7.36. The van der Waals surface area contributed by atoms with E-state index in [9.17, 15) is 0 Å². The van der Waals surface area contributed by atoms with Gasteiger partial charge in [0.25, 0.3) is 0 Å². The summed E-state index contributed by atoms with van der Waals surface area (Å²) >= 11 is 0. The molecular formula is C21H29N3. The lowest BCUT2D eigenvalue weighted by molar-refractivity contribution is 0.178. The van der Waals surface area contributed by atoms with Crippen molar-refractivity contribution in [2.24, 2.45) is 28.8 Å². The van der Waals surface area contributed by atoms with Gasteiger partial charge in [-0.05, 0) is 53.2 Å². The van der Waals surface area contributed by atoms with E-state index in [0.29, 0.717) is 11.8 Å². The highest BCUT2D eigenvalue weighted by atomic mass is 15.1. The molecule has 0 spiro atoms. The molecule has 1 aromatic rings. The van der Waals surface area contributed by atoms with E-state index >= 15 is 0 Å². The number of hydrogen-bond acceptors (Lipinski definition) is 1. The monoisotopic (exact) mass is 323 g/mol. The van der Waals surface area contributed by atoms with Crippen LogP contribution >= 0.6 is 0 Å². The molecule has 4 atom stereocenters. The molecule has 1 fully saturated rings. The van der Waals surface area contributed by atoms with E-state index in [1.165, 1.54) is 19.3 Å². The minimum atomic E-state index is -0.269. The number of allylic oxidation sites excluding steroid dienone is 1. The zero-order valence-corrected chi connectivity index (χ0v) is 15.1. The van der Waals surface area contributed by atoms with Gasteiger partial charge in [0, 0.05) is 4.91 Å². The van der Waals surface area contributed by atoms with E-state index in [0.717, 1.165) is 23.0 Å². The molecule has 3 nitrogen and oxygen atoms in total. The van der Waals surface area contributed by atoms with Crippen molar-refractivity contribution in [2.45, 2.75) is 46.1 Å². The first-order valence-electron chi connectivity index (χ1n) is 9.00. The molecule has 3 heteroatoms. The van der Waals surface area contributed by atoms with Crippen LogP contribution in [-0.2, 0) is 0 Å². The van der Waals surface area contributed by atoms with Crippen molar-refractivity contribution in [1.82, 2.24) is 0 Å². The molecule has 0 radical (unpaired) electrons. The van der Waals surface area contributed by atoms with Crippen molar-refractivity contribution in [3.8, 4) is 0 Å². The molecule has 0 N–H and O–H groups in total. The molecule has 0 aliphatic heterocycles. The molecule has 128 valence electrons. The molecule has 0 heterocycles.